The Morgan fingerprint density at radius 1 is 1.37 bits per heavy atom. The van der Waals surface area contributed by atoms with Crippen molar-refractivity contribution >= 4 is 22.1 Å². The zero-order valence-corrected chi connectivity index (χ0v) is 12.4. The molecule has 1 saturated heterocycles. The van der Waals surface area contributed by atoms with Crippen LogP contribution in [-0.2, 0) is 6.61 Å². The number of anilines is 1. The Bertz CT molecular complexity index is 572. The quantitative estimate of drug-likeness (QED) is 0.919. The van der Waals surface area contributed by atoms with E-state index < -0.39 is 0 Å². The molecular formula is C14H21N3OS. The predicted octanol–water partition coefficient (Wildman–Crippen LogP) is 2.90. The molecule has 0 aromatic carbocycles. The number of hydrogen-bond acceptors (Lipinski definition) is 4. The summed E-state index contributed by atoms with van der Waals surface area (Å²) in [6.07, 6.45) is 5.63. The van der Waals surface area contributed by atoms with E-state index >= 15 is 0 Å². The highest BCUT2D eigenvalue weighted by Gasteiger charge is 2.26. The van der Waals surface area contributed by atoms with Crippen LogP contribution in [0.3, 0.4) is 0 Å². The van der Waals surface area contributed by atoms with E-state index in [4.69, 9.17) is 4.98 Å². The molecule has 0 radical (unpaired) electrons. The van der Waals surface area contributed by atoms with Crippen molar-refractivity contribution in [2.24, 2.45) is 5.41 Å². The number of imidazole rings is 1. The minimum absolute atomic E-state index is 0.0487. The fraction of sp³-hybridized carbons (Fsp3) is 0.643. The molecule has 1 aliphatic rings. The lowest BCUT2D eigenvalue weighted by Gasteiger charge is -2.24. The van der Waals surface area contributed by atoms with Crippen LogP contribution in [0.2, 0.25) is 0 Å². The Hall–Kier alpha value is -1.07. The van der Waals surface area contributed by atoms with E-state index in [0.29, 0.717) is 5.41 Å². The third-order valence-electron chi connectivity index (χ3n) is 4.13. The van der Waals surface area contributed by atoms with Crippen molar-refractivity contribution in [1.29, 1.82) is 0 Å². The van der Waals surface area contributed by atoms with Gasteiger partial charge in [0.15, 0.2) is 10.8 Å². The molecule has 4 nitrogen and oxygen atoms in total. The summed E-state index contributed by atoms with van der Waals surface area (Å²) >= 11 is 1.62. The van der Waals surface area contributed by atoms with Crippen molar-refractivity contribution in [3.8, 4) is 0 Å². The lowest BCUT2D eigenvalue weighted by atomic mass is 9.85. The summed E-state index contributed by atoms with van der Waals surface area (Å²) in [5.41, 5.74) is 1.35. The molecule has 0 bridgehead atoms. The maximum atomic E-state index is 9.64. The molecule has 2 aromatic rings. The van der Waals surface area contributed by atoms with E-state index in [1.54, 1.807) is 11.3 Å². The molecule has 5 heteroatoms. The van der Waals surface area contributed by atoms with Crippen molar-refractivity contribution in [2.75, 3.05) is 18.0 Å². The van der Waals surface area contributed by atoms with E-state index in [1.807, 2.05) is 16.0 Å². The van der Waals surface area contributed by atoms with Gasteiger partial charge in [-0.1, -0.05) is 13.8 Å². The lowest BCUT2D eigenvalue weighted by molar-refractivity contribution is 0.276. The number of aromatic nitrogens is 2. The molecule has 0 unspecified atom stereocenters. The van der Waals surface area contributed by atoms with Gasteiger partial charge in [0.05, 0.1) is 12.3 Å². The van der Waals surface area contributed by atoms with Gasteiger partial charge in [0.25, 0.3) is 0 Å². The Morgan fingerprint density at radius 3 is 3.00 bits per heavy atom. The largest absolute Gasteiger partial charge is 0.390 e. The third kappa shape index (κ3) is 2.37. The van der Waals surface area contributed by atoms with Crippen molar-refractivity contribution in [2.45, 2.75) is 39.7 Å². The normalized spacial score (nSPS) is 19.8. The van der Waals surface area contributed by atoms with Crippen LogP contribution in [0, 0.1) is 5.41 Å². The second-order valence-electron chi connectivity index (χ2n) is 6.10. The summed E-state index contributed by atoms with van der Waals surface area (Å²) in [7, 11) is 0. The second-order valence-corrected chi connectivity index (χ2v) is 6.97. The maximum absolute atomic E-state index is 9.64. The van der Waals surface area contributed by atoms with Gasteiger partial charge in [0.1, 0.15) is 0 Å². The van der Waals surface area contributed by atoms with Gasteiger partial charge in [-0.25, -0.2) is 4.98 Å². The van der Waals surface area contributed by atoms with Crippen LogP contribution in [0.25, 0.3) is 4.96 Å². The first-order valence-electron chi connectivity index (χ1n) is 6.91. The molecule has 3 rings (SSSR count). The second kappa shape index (κ2) is 4.80. The number of rotatable bonds is 2. The first-order valence-corrected chi connectivity index (χ1v) is 7.79. The average Bonchev–Trinajstić information content (AvgIpc) is 2.88. The van der Waals surface area contributed by atoms with Gasteiger partial charge in [-0.05, 0) is 24.7 Å². The van der Waals surface area contributed by atoms with Gasteiger partial charge >= 0.3 is 0 Å². The number of nitrogens with zero attached hydrogens (tertiary/aromatic N) is 3. The Morgan fingerprint density at radius 2 is 2.21 bits per heavy atom. The molecule has 2 aromatic heterocycles. The monoisotopic (exact) mass is 279 g/mol. The van der Waals surface area contributed by atoms with Crippen LogP contribution in [0.5, 0.6) is 0 Å². The fourth-order valence-electron chi connectivity index (χ4n) is 2.86. The van der Waals surface area contributed by atoms with Gasteiger partial charge in [0, 0.05) is 24.7 Å². The fourth-order valence-corrected chi connectivity index (χ4v) is 3.58. The molecular weight excluding hydrogens is 258 g/mol. The molecule has 0 saturated carbocycles. The molecule has 3 heterocycles. The standard InChI is InChI=1S/C14H21N3OS/c1-14(2)4-3-6-16(7-5-14)12-11(10-18)17-8-9-19-13(17)15-12/h8-9,18H,3-7,10H2,1-2H3. The minimum Gasteiger partial charge on any atom is -0.390 e. The summed E-state index contributed by atoms with van der Waals surface area (Å²) < 4.78 is 2.01. The molecule has 104 valence electrons. The molecule has 1 fully saturated rings. The zero-order chi connectivity index (χ0) is 13.5. The lowest BCUT2D eigenvalue weighted by Crippen LogP contribution is -2.26. The number of aliphatic hydroxyl groups is 1. The van der Waals surface area contributed by atoms with Crippen LogP contribution in [0.15, 0.2) is 11.6 Å². The summed E-state index contributed by atoms with van der Waals surface area (Å²) in [6, 6.07) is 0. The van der Waals surface area contributed by atoms with Crippen LogP contribution < -0.4 is 4.90 Å². The molecule has 19 heavy (non-hydrogen) atoms. The maximum Gasteiger partial charge on any atom is 0.195 e. The number of thiazole rings is 1. The Balaban J connectivity index is 1.93. The van der Waals surface area contributed by atoms with Crippen molar-refractivity contribution in [1.82, 2.24) is 9.38 Å². The summed E-state index contributed by atoms with van der Waals surface area (Å²) in [6.45, 7) is 6.81. The van der Waals surface area contributed by atoms with Gasteiger partial charge < -0.3 is 10.0 Å². The van der Waals surface area contributed by atoms with Gasteiger partial charge in [0.2, 0.25) is 0 Å². The highest BCUT2D eigenvalue weighted by molar-refractivity contribution is 7.15. The third-order valence-corrected chi connectivity index (χ3v) is 4.89. The number of fused-ring (bicyclic) bond motifs is 1. The van der Waals surface area contributed by atoms with Crippen LogP contribution in [-0.4, -0.2) is 27.6 Å². The topological polar surface area (TPSA) is 40.8 Å². The highest BCUT2D eigenvalue weighted by atomic mass is 32.1. The zero-order valence-electron chi connectivity index (χ0n) is 11.6. The van der Waals surface area contributed by atoms with E-state index in [-0.39, 0.29) is 6.61 Å². The summed E-state index contributed by atoms with van der Waals surface area (Å²) in [5, 5.41) is 11.7. The molecule has 1 aliphatic heterocycles. The van der Waals surface area contributed by atoms with Crippen molar-refractivity contribution in [3.63, 3.8) is 0 Å². The molecule has 0 aliphatic carbocycles. The Kier molecular flexibility index (Phi) is 3.27. The summed E-state index contributed by atoms with van der Waals surface area (Å²) in [4.78, 5) is 8.03. The minimum atomic E-state index is 0.0487. The molecule has 1 N–H and O–H groups in total. The van der Waals surface area contributed by atoms with Crippen LogP contribution in [0.4, 0.5) is 5.82 Å². The van der Waals surface area contributed by atoms with E-state index in [0.717, 1.165) is 29.6 Å². The van der Waals surface area contributed by atoms with Gasteiger partial charge in [-0.3, -0.25) is 4.40 Å². The first-order chi connectivity index (χ1) is 9.11. The van der Waals surface area contributed by atoms with E-state index in [1.165, 1.54) is 19.3 Å². The SMILES string of the molecule is CC1(C)CCCN(c2nc3sccn3c2CO)CC1. The van der Waals surface area contributed by atoms with Crippen LogP contribution in [0.1, 0.15) is 38.8 Å². The molecule has 0 spiro atoms. The van der Waals surface area contributed by atoms with Crippen LogP contribution >= 0.6 is 11.3 Å². The van der Waals surface area contributed by atoms with Gasteiger partial charge in [-0.2, -0.15) is 0 Å². The van der Waals surface area contributed by atoms with E-state index in [2.05, 4.69) is 18.7 Å². The predicted molar refractivity (Wildman–Crippen MR) is 78.8 cm³/mol. The average molecular weight is 279 g/mol. The number of hydrogen-bond donors (Lipinski definition) is 1. The molecule has 0 amide bonds. The van der Waals surface area contributed by atoms with E-state index in [9.17, 15) is 5.11 Å². The first kappa shape index (κ1) is 12.9. The highest BCUT2D eigenvalue weighted by Crippen LogP contribution is 2.33. The smallest absolute Gasteiger partial charge is 0.195 e. The van der Waals surface area contributed by atoms with Crippen molar-refractivity contribution < 1.29 is 5.11 Å². The number of aliphatic hydroxyl groups excluding tert-OH is 1. The summed E-state index contributed by atoms with van der Waals surface area (Å²) in [5.74, 6) is 0.979. The van der Waals surface area contributed by atoms with Crippen molar-refractivity contribution in [3.05, 3.63) is 17.3 Å². The molecule has 0 atom stereocenters. The Labute approximate surface area is 117 Å². The van der Waals surface area contributed by atoms with Gasteiger partial charge in [-0.15, -0.1) is 11.3 Å².